The summed E-state index contributed by atoms with van der Waals surface area (Å²) in [5.74, 6) is 0.753. The number of halogens is 1. The quantitative estimate of drug-likeness (QED) is 0.584. The van der Waals surface area contributed by atoms with Gasteiger partial charge in [-0.1, -0.05) is 15.9 Å². The van der Waals surface area contributed by atoms with E-state index >= 15 is 0 Å². The average molecular weight is 434 g/mol. The van der Waals surface area contributed by atoms with Gasteiger partial charge < -0.3 is 14.6 Å². The van der Waals surface area contributed by atoms with E-state index in [1.807, 2.05) is 55.8 Å². The molecule has 0 aliphatic rings. The molecule has 7 heteroatoms. The van der Waals surface area contributed by atoms with Crippen molar-refractivity contribution in [2.45, 2.75) is 13.8 Å². The summed E-state index contributed by atoms with van der Waals surface area (Å²) in [4.78, 5) is 22.0. The standard InChI is InChI=1S/C19H20BrN3O2S/c1-3-23(8-9-25-16-6-4-15(20)5-7-16)19(24)17-10-14(11-21-17)18-12-26-13(2)22-18/h4-7,10-12,21H,3,8-9H2,1-2H3. The lowest BCUT2D eigenvalue weighted by atomic mass is 10.2. The Kier molecular flexibility index (Phi) is 6.11. The second kappa shape index (κ2) is 8.51. The van der Waals surface area contributed by atoms with Crippen molar-refractivity contribution in [3.63, 3.8) is 0 Å². The van der Waals surface area contributed by atoms with E-state index in [1.165, 1.54) is 0 Å². The van der Waals surface area contributed by atoms with Gasteiger partial charge in [-0.15, -0.1) is 11.3 Å². The number of H-pyrrole nitrogens is 1. The van der Waals surface area contributed by atoms with Gasteiger partial charge in [0.2, 0.25) is 0 Å². The van der Waals surface area contributed by atoms with Gasteiger partial charge >= 0.3 is 0 Å². The first kappa shape index (κ1) is 18.7. The zero-order valence-electron chi connectivity index (χ0n) is 14.7. The molecule has 136 valence electrons. The highest BCUT2D eigenvalue weighted by Crippen LogP contribution is 2.23. The first-order chi connectivity index (χ1) is 12.6. The molecule has 0 radical (unpaired) electrons. The number of hydrogen-bond acceptors (Lipinski definition) is 4. The normalized spacial score (nSPS) is 10.7. The number of aromatic amines is 1. The van der Waals surface area contributed by atoms with Crippen LogP contribution in [0, 0.1) is 6.92 Å². The van der Waals surface area contributed by atoms with Crippen LogP contribution in [0.5, 0.6) is 5.75 Å². The van der Waals surface area contributed by atoms with Gasteiger partial charge in [-0.05, 0) is 44.2 Å². The number of rotatable bonds is 7. The van der Waals surface area contributed by atoms with E-state index in [4.69, 9.17) is 4.74 Å². The predicted octanol–water partition coefficient (Wildman–Crippen LogP) is 4.75. The topological polar surface area (TPSA) is 58.2 Å². The Morgan fingerprint density at radius 3 is 2.77 bits per heavy atom. The Bertz CT molecular complexity index is 873. The minimum Gasteiger partial charge on any atom is -0.492 e. The monoisotopic (exact) mass is 433 g/mol. The lowest BCUT2D eigenvalue weighted by Crippen LogP contribution is -2.34. The van der Waals surface area contributed by atoms with Crippen molar-refractivity contribution in [2.24, 2.45) is 0 Å². The number of nitrogens with one attached hydrogen (secondary N) is 1. The molecule has 2 aromatic heterocycles. The lowest BCUT2D eigenvalue weighted by Gasteiger charge is -2.20. The summed E-state index contributed by atoms with van der Waals surface area (Å²) in [6, 6.07) is 9.51. The van der Waals surface area contributed by atoms with Gasteiger partial charge in [0, 0.05) is 28.2 Å². The van der Waals surface area contributed by atoms with Crippen LogP contribution in [0.1, 0.15) is 22.4 Å². The first-order valence-corrected chi connectivity index (χ1v) is 10.0. The van der Waals surface area contributed by atoms with Gasteiger partial charge in [-0.25, -0.2) is 4.98 Å². The lowest BCUT2D eigenvalue weighted by molar-refractivity contribution is 0.0734. The van der Waals surface area contributed by atoms with Crippen molar-refractivity contribution in [3.8, 4) is 17.0 Å². The van der Waals surface area contributed by atoms with Crippen molar-refractivity contribution in [1.82, 2.24) is 14.9 Å². The van der Waals surface area contributed by atoms with E-state index in [0.717, 1.165) is 26.5 Å². The Balaban J connectivity index is 1.59. The molecule has 0 unspecified atom stereocenters. The maximum absolute atomic E-state index is 12.7. The van der Waals surface area contributed by atoms with Crippen LogP contribution in [-0.2, 0) is 0 Å². The van der Waals surface area contributed by atoms with Gasteiger partial charge in [0.05, 0.1) is 17.2 Å². The highest BCUT2D eigenvalue weighted by Gasteiger charge is 2.17. The van der Waals surface area contributed by atoms with Crippen LogP contribution < -0.4 is 4.74 Å². The Labute approximate surface area is 165 Å². The number of hydrogen-bond donors (Lipinski definition) is 1. The molecule has 0 fully saturated rings. The van der Waals surface area contributed by atoms with Gasteiger partial charge in [-0.3, -0.25) is 4.79 Å². The summed E-state index contributed by atoms with van der Waals surface area (Å²) in [5.41, 5.74) is 2.39. The number of benzene rings is 1. The third-order valence-electron chi connectivity index (χ3n) is 3.94. The molecule has 1 aromatic carbocycles. The average Bonchev–Trinajstić information content (AvgIpc) is 3.29. The molecule has 3 rings (SSSR count). The summed E-state index contributed by atoms with van der Waals surface area (Å²) in [5, 5.41) is 3.01. The molecular formula is C19H20BrN3O2S. The molecule has 0 atom stereocenters. The third kappa shape index (κ3) is 4.53. The fraction of sp³-hybridized carbons (Fsp3) is 0.263. The number of thiazole rings is 1. The molecule has 3 aromatic rings. The molecule has 0 aliphatic carbocycles. The number of carbonyl (C=O) groups excluding carboxylic acids is 1. The third-order valence-corrected chi connectivity index (χ3v) is 5.24. The fourth-order valence-corrected chi connectivity index (χ4v) is 3.43. The van der Waals surface area contributed by atoms with Crippen LogP contribution in [0.2, 0.25) is 0 Å². The number of ether oxygens (including phenoxy) is 1. The SMILES string of the molecule is CCN(CCOc1ccc(Br)cc1)C(=O)c1cc(-c2csc(C)n2)c[nH]1. The number of aryl methyl sites for hydroxylation is 1. The minimum absolute atomic E-state index is 0.0369. The van der Waals surface area contributed by atoms with Crippen molar-refractivity contribution in [1.29, 1.82) is 0 Å². The highest BCUT2D eigenvalue weighted by molar-refractivity contribution is 9.10. The minimum atomic E-state index is -0.0369. The van der Waals surface area contributed by atoms with E-state index in [2.05, 4.69) is 25.9 Å². The van der Waals surface area contributed by atoms with Gasteiger partial charge in [0.1, 0.15) is 18.1 Å². The zero-order chi connectivity index (χ0) is 18.5. The van der Waals surface area contributed by atoms with Crippen LogP contribution in [0.4, 0.5) is 0 Å². The molecule has 0 spiro atoms. The molecule has 2 heterocycles. The smallest absolute Gasteiger partial charge is 0.270 e. The number of carbonyl (C=O) groups is 1. The Hall–Kier alpha value is -2.12. The summed E-state index contributed by atoms with van der Waals surface area (Å²) >= 11 is 5.00. The van der Waals surface area contributed by atoms with Crippen molar-refractivity contribution >= 4 is 33.2 Å². The Morgan fingerprint density at radius 2 is 2.12 bits per heavy atom. The van der Waals surface area contributed by atoms with Crippen molar-refractivity contribution < 1.29 is 9.53 Å². The molecule has 0 saturated carbocycles. The van der Waals surface area contributed by atoms with E-state index in [1.54, 1.807) is 16.2 Å². The van der Waals surface area contributed by atoms with Crippen LogP contribution in [0.25, 0.3) is 11.3 Å². The van der Waals surface area contributed by atoms with Crippen molar-refractivity contribution in [2.75, 3.05) is 19.7 Å². The maximum atomic E-state index is 12.7. The summed E-state index contributed by atoms with van der Waals surface area (Å²) in [7, 11) is 0. The molecule has 1 amide bonds. The number of aromatic nitrogens is 2. The van der Waals surface area contributed by atoms with Gasteiger partial charge in [0.25, 0.3) is 5.91 Å². The predicted molar refractivity (Wildman–Crippen MR) is 108 cm³/mol. The molecular weight excluding hydrogens is 414 g/mol. The van der Waals surface area contributed by atoms with E-state index in [0.29, 0.717) is 25.4 Å². The van der Waals surface area contributed by atoms with Gasteiger partial charge in [0.15, 0.2) is 0 Å². The summed E-state index contributed by atoms with van der Waals surface area (Å²) in [6.07, 6.45) is 1.83. The summed E-state index contributed by atoms with van der Waals surface area (Å²) < 4.78 is 6.73. The molecule has 1 N–H and O–H groups in total. The summed E-state index contributed by atoms with van der Waals surface area (Å²) in [6.45, 7) is 5.52. The van der Waals surface area contributed by atoms with Crippen molar-refractivity contribution in [3.05, 3.63) is 57.1 Å². The van der Waals surface area contributed by atoms with Crippen LogP contribution in [0.15, 0.2) is 46.4 Å². The molecule has 0 saturated heterocycles. The Morgan fingerprint density at radius 1 is 1.35 bits per heavy atom. The largest absolute Gasteiger partial charge is 0.492 e. The molecule has 0 aliphatic heterocycles. The fourth-order valence-electron chi connectivity index (χ4n) is 2.54. The van der Waals surface area contributed by atoms with E-state index in [9.17, 15) is 4.79 Å². The van der Waals surface area contributed by atoms with E-state index < -0.39 is 0 Å². The number of likely N-dealkylation sites (N-methyl/N-ethyl adjacent to an activating group) is 1. The maximum Gasteiger partial charge on any atom is 0.270 e. The van der Waals surface area contributed by atoms with Gasteiger partial charge in [-0.2, -0.15) is 0 Å². The second-order valence-electron chi connectivity index (χ2n) is 5.74. The first-order valence-electron chi connectivity index (χ1n) is 8.35. The van der Waals surface area contributed by atoms with Crippen LogP contribution >= 0.6 is 27.3 Å². The van der Waals surface area contributed by atoms with E-state index in [-0.39, 0.29) is 5.91 Å². The second-order valence-corrected chi connectivity index (χ2v) is 7.72. The molecule has 0 bridgehead atoms. The number of amides is 1. The highest BCUT2D eigenvalue weighted by atomic mass is 79.9. The zero-order valence-corrected chi connectivity index (χ0v) is 17.1. The van der Waals surface area contributed by atoms with Crippen LogP contribution in [0.3, 0.4) is 0 Å². The molecule has 5 nitrogen and oxygen atoms in total. The van der Waals surface area contributed by atoms with Crippen LogP contribution in [-0.4, -0.2) is 40.5 Å². The number of nitrogens with zero attached hydrogens (tertiary/aromatic N) is 2. The molecule has 26 heavy (non-hydrogen) atoms.